The van der Waals surface area contributed by atoms with Crippen molar-refractivity contribution in [1.82, 2.24) is 0 Å². The molecule has 0 aliphatic carbocycles. The summed E-state index contributed by atoms with van der Waals surface area (Å²) < 4.78 is 0. The molecule has 0 spiro atoms. The van der Waals surface area contributed by atoms with E-state index in [0.29, 0.717) is 5.69 Å². The van der Waals surface area contributed by atoms with E-state index >= 15 is 0 Å². The normalized spacial score (nSPS) is 23.4. The van der Waals surface area contributed by atoms with Crippen LogP contribution >= 0.6 is 11.3 Å². The van der Waals surface area contributed by atoms with Crippen molar-refractivity contribution in [1.29, 1.82) is 0 Å². The molecule has 2 aliphatic heterocycles. The molecule has 3 aromatic rings. The van der Waals surface area contributed by atoms with E-state index in [1.54, 1.807) is 16.4 Å². The fourth-order valence-corrected chi connectivity index (χ4v) is 5.56. The van der Waals surface area contributed by atoms with Crippen LogP contribution in [0.2, 0.25) is 0 Å². The van der Waals surface area contributed by atoms with E-state index in [-0.39, 0.29) is 17.9 Å². The van der Waals surface area contributed by atoms with Gasteiger partial charge in [0, 0.05) is 4.88 Å². The summed E-state index contributed by atoms with van der Waals surface area (Å²) in [6, 6.07) is 17.3. The molecule has 5 nitrogen and oxygen atoms in total. The van der Waals surface area contributed by atoms with Gasteiger partial charge in [-0.25, -0.2) is 9.96 Å². The zero-order valence-corrected chi connectivity index (χ0v) is 17.8. The summed E-state index contributed by atoms with van der Waals surface area (Å²) in [4.78, 5) is 35.6. The van der Waals surface area contributed by atoms with Crippen molar-refractivity contribution in [3.63, 3.8) is 0 Å². The zero-order chi connectivity index (χ0) is 21.0. The molecule has 30 heavy (non-hydrogen) atoms. The van der Waals surface area contributed by atoms with Crippen LogP contribution in [0, 0.1) is 26.7 Å². The summed E-state index contributed by atoms with van der Waals surface area (Å²) in [6.07, 6.45) is -0.829. The lowest BCUT2D eigenvalue weighted by atomic mass is 9.95. The molecule has 2 fully saturated rings. The number of carbonyl (C=O) groups excluding carboxylic acids is 2. The van der Waals surface area contributed by atoms with Gasteiger partial charge in [-0.1, -0.05) is 42.0 Å². The van der Waals surface area contributed by atoms with E-state index in [9.17, 15) is 9.59 Å². The lowest BCUT2D eigenvalue weighted by Crippen LogP contribution is -2.38. The van der Waals surface area contributed by atoms with Crippen molar-refractivity contribution in [2.24, 2.45) is 5.92 Å². The third-order valence-electron chi connectivity index (χ3n) is 5.82. The first-order valence-corrected chi connectivity index (χ1v) is 10.9. The highest BCUT2D eigenvalue weighted by Gasteiger charge is 2.60. The number of hydrogen-bond donors (Lipinski definition) is 0. The average Bonchev–Trinajstić information content (AvgIpc) is 3.42. The van der Waals surface area contributed by atoms with E-state index in [1.807, 2.05) is 80.7 Å². The Morgan fingerprint density at radius 1 is 0.900 bits per heavy atom. The molecule has 0 bridgehead atoms. The van der Waals surface area contributed by atoms with Gasteiger partial charge in [0.05, 0.1) is 11.4 Å². The Balaban J connectivity index is 1.60. The first-order chi connectivity index (χ1) is 14.5. The van der Waals surface area contributed by atoms with E-state index in [1.165, 1.54) is 4.90 Å². The predicted molar refractivity (Wildman–Crippen MR) is 117 cm³/mol. The van der Waals surface area contributed by atoms with Crippen molar-refractivity contribution in [2.75, 3.05) is 9.96 Å². The standard InChI is InChI=1S/C24H22N2O3S/c1-14-12-15(2)20(16(3)13-14)25-23(27)19-21(18-10-7-11-30-18)26(29-22(19)24(25)28)17-8-5-4-6-9-17/h4-13,19,21-22H,1-3H3/t19-,21+,22+/m1/s1. The molecule has 0 saturated carbocycles. The Kier molecular flexibility index (Phi) is 4.49. The van der Waals surface area contributed by atoms with Crippen molar-refractivity contribution in [2.45, 2.75) is 32.9 Å². The van der Waals surface area contributed by atoms with Gasteiger partial charge in [-0.2, -0.15) is 0 Å². The van der Waals surface area contributed by atoms with Crippen molar-refractivity contribution in [3.05, 3.63) is 81.5 Å². The third kappa shape index (κ3) is 2.79. The molecule has 6 heteroatoms. The Bertz CT molecular complexity index is 1100. The molecule has 3 atom stereocenters. The highest BCUT2D eigenvalue weighted by molar-refractivity contribution is 7.10. The molecule has 152 valence electrons. The van der Waals surface area contributed by atoms with Gasteiger partial charge in [0.15, 0.2) is 6.10 Å². The molecule has 2 aromatic carbocycles. The number of fused-ring (bicyclic) bond motifs is 1. The molecule has 3 heterocycles. The summed E-state index contributed by atoms with van der Waals surface area (Å²) in [6.45, 7) is 5.90. The van der Waals surface area contributed by atoms with Crippen LogP contribution in [0.15, 0.2) is 60.0 Å². The topological polar surface area (TPSA) is 49.9 Å². The number of rotatable bonds is 3. The zero-order valence-electron chi connectivity index (χ0n) is 17.0. The SMILES string of the molecule is Cc1cc(C)c(N2C(=O)[C@H]3[C@H](ON(c4ccccc4)[C@H]3c3cccs3)C2=O)c(C)c1. The number of hydroxylamine groups is 1. The average molecular weight is 419 g/mol. The van der Waals surface area contributed by atoms with Crippen molar-refractivity contribution in [3.8, 4) is 0 Å². The fourth-order valence-electron chi connectivity index (χ4n) is 4.71. The third-order valence-corrected chi connectivity index (χ3v) is 6.76. The lowest BCUT2D eigenvalue weighted by Gasteiger charge is -2.28. The smallest absolute Gasteiger partial charge is 0.266 e. The maximum atomic E-state index is 13.7. The number of aryl methyl sites for hydroxylation is 3. The Hall–Kier alpha value is -2.96. The van der Waals surface area contributed by atoms with E-state index in [2.05, 4.69) is 0 Å². The molecule has 2 aliphatic rings. The predicted octanol–water partition coefficient (Wildman–Crippen LogP) is 4.72. The number of benzene rings is 2. The molecule has 0 radical (unpaired) electrons. The quantitative estimate of drug-likeness (QED) is 0.578. The van der Waals surface area contributed by atoms with Gasteiger partial charge < -0.3 is 0 Å². The molecular weight excluding hydrogens is 396 g/mol. The van der Waals surface area contributed by atoms with Gasteiger partial charge in [0.1, 0.15) is 12.0 Å². The van der Waals surface area contributed by atoms with E-state index < -0.39 is 12.0 Å². The van der Waals surface area contributed by atoms with E-state index in [4.69, 9.17) is 4.84 Å². The summed E-state index contributed by atoms with van der Waals surface area (Å²) in [5, 5.41) is 3.72. The molecule has 2 saturated heterocycles. The van der Waals surface area contributed by atoms with E-state index in [0.717, 1.165) is 27.3 Å². The first-order valence-electron chi connectivity index (χ1n) is 9.97. The minimum Gasteiger partial charge on any atom is -0.273 e. The van der Waals surface area contributed by atoms with Crippen LogP contribution in [0.4, 0.5) is 11.4 Å². The van der Waals surface area contributed by atoms with Crippen LogP contribution < -0.4 is 9.96 Å². The van der Waals surface area contributed by atoms with Crippen LogP contribution in [-0.4, -0.2) is 17.9 Å². The fraction of sp³-hybridized carbons (Fsp3) is 0.250. The van der Waals surface area contributed by atoms with Gasteiger partial charge in [-0.05, 0) is 55.5 Å². The van der Waals surface area contributed by atoms with Gasteiger partial charge >= 0.3 is 0 Å². The largest absolute Gasteiger partial charge is 0.273 e. The second-order valence-electron chi connectivity index (χ2n) is 7.93. The monoisotopic (exact) mass is 418 g/mol. The Labute approximate surface area is 179 Å². The Morgan fingerprint density at radius 3 is 2.23 bits per heavy atom. The number of imide groups is 1. The maximum absolute atomic E-state index is 13.7. The van der Waals surface area contributed by atoms with Crippen LogP contribution in [-0.2, 0) is 14.4 Å². The van der Waals surface area contributed by atoms with Crippen LogP contribution in [0.5, 0.6) is 0 Å². The summed E-state index contributed by atoms with van der Waals surface area (Å²) in [5.41, 5.74) is 4.46. The molecule has 0 unspecified atom stereocenters. The lowest BCUT2D eigenvalue weighted by molar-refractivity contribution is -0.126. The number of carbonyl (C=O) groups is 2. The highest BCUT2D eigenvalue weighted by Crippen LogP contribution is 2.49. The number of hydrogen-bond acceptors (Lipinski definition) is 5. The number of para-hydroxylation sites is 1. The summed E-state index contributed by atoms with van der Waals surface area (Å²) in [5.74, 6) is -1.08. The first kappa shape index (κ1) is 19.0. The number of nitrogens with zero attached hydrogens (tertiary/aromatic N) is 2. The summed E-state index contributed by atoms with van der Waals surface area (Å²) >= 11 is 1.57. The number of thiophene rings is 1. The molecule has 1 aromatic heterocycles. The van der Waals surface area contributed by atoms with Gasteiger partial charge in [0.2, 0.25) is 5.91 Å². The van der Waals surface area contributed by atoms with Gasteiger partial charge in [0.25, 0.3) is 5.91 Å². The minimum absolute atomic E-state index is 0.197. The minimum atomic E-state index is -0.829. The second kappa shape index (κ2) is 7.07. The molecule has 0 N–H and O–H groups in total. The second-order valence-corrected chi connectivity index (χ2v) is 8.91. The van der Waals surface area contributed by atoms with Crippen LogP contribution in [0.25, 0.3) is 0 Å². The van der Waals surface area contributed by atoms with Crippen molar-refractivity contribution >= 4 is 34.5 Å². The molecule has 2 amide bonds. The highest BCUT2D eigenvalue weighted by atomic mass is 32.1. The van der Waals surface area contributed by atoms with Gasteiger partial charge in [-0.15, -0.1) is 11.3 Å². The maximum Gasteiger partial charge on any atom is 0.266 e. The molecular formula is C24H22N2O3S. The van der Waals surface area contributed by atoms with Crippen LogP contribution in [0.1, 0.15) is 27.6 Å². The number of amides is 2. The molecule has 5 rings (SSSR count). The number of anilines is 2. The Morgan fingerprint density at radius 2 is 1.60 bits per heavy atom. The van der Waals surface area contributed by atoms with Crippen molar-refractivity contribution < 1.29 is 14.4 Å². The summed E-state index contributed by atoms with van der Waals surface area (Å²) in [7, 11) is 0. The van der Waals surface area contributed by atoms with Crippen LogP contribution in [0.3, 0.4) is 0 Å². The van der Waals surface area contributed by atoms with Gasteiger partial charge in [-0.3, -0.25) is 14.4 Å².